The van der Waals surface area contributed by atoms with Crippen LogP contribution in [0.25, 0.3) is 0 Å². The summed E-state index contributed by atoms with van der Waals surface area (Å²) in [5.74, 6) is -2.99. The van der Waals surface area contributed by atoms with Gasteiger partial charge in [-0.1, -0.05) is 19.8 Å². The van der Waals surface area contributed by atoms with Crippen molar-refractivity contribution in [2.75, 3.05) is 13.2 Å². The molecule has 26 heavy (non-hydrogen) atoms. The molecule has 2 rings (SSSR count). The van der Waals surface area contributed by atoms with Gasteiger partial charge in [-0.05, 0) is 26.2 Å². The number of imide groups is 2. The van der Waals surface area contributed by atoms with Crippen LogP contribution in [-0.2, 0) is 23.9 Å². The van der Waals surface area contributed by atoms with E-state index in [1.54, 1.807) is 6.92 Å². The molecular formula is C17H25N3O6. The Hall–Kier alpha value is -2.45. The average molecular weight is 367 g/mol. The Balaban J connectivity index is 1.76. The number of ether oxygens (including phenoxy) is 1. The van der Waals surface area contributed by atoms with Crippen molar-refractivity contribution in [2.45, 2.75) is 52.0 Å². The molecule has 0 unspecified atom stereocenters. The van der Waals surface area contributed by atoms with Crippen LogP contribution in [0.4, 0.5) is 4.79 Å². The summed E-state index contributed by atoms with van der Waals surface area (Å²) in [6.07, 6.45) is 3.83. The van der Waals surface area contributed by atoms with Gasteiger partial charge >= 0.3 is 12.0 Å². The molecule has 1 saturated heterocycles. The van der Waals surface area contributed by atoms with Crippen molar-refractivity contribution in [3.8, 4) is 0 Å². The maximum Gasteiger partial charge on any atom is 0.326 e. The second kappa shape index (κ2) is 8.77. The third-order valence-corrected chi connectivity index (χ3v) is 4.83. The summed E-state index contributed by atoms with van der Waals surface area (Å²) >= 11 is 0. The molecule has 0 radical (unpaired) electrons. The fourth-order valence-electron chi connectivity index (χ4n) is 3.23. The highest BCUT2D eigenvalue weighted by Crippen LogP contribution is 2.37. The van der Waals surface area contributed by atoms with Crippen LogP contribution < -0.4 is 10.6 Å². The highest BCUT2D eigenvalue weighted by Gasteiger charge is 2.48. The van der Waals surface area contributed by atoms with E-state index < -0.39 is 31.1 Å². The molecule has 1 aliphatic carbocycles. The molecule has 0 bridgehead atoms. The number of likely N-dealkylation sites (tertiary alicyclic amines) is 1. The van der Waals surface area contributed by atoms with Crippen molar-refractivity contribution < 1.29 is 28.7 Å². The van der Waals surface area contributed by atoms with Crippen molar-refractivity contribution >= 4 is 29.7 Å². The van der Waals surface area contributed by atoms with Crippen LogP contribution in [0.5, 0.6) is 0 Å². The highest BCUT2D eigenvalue weighted by atomic mass is 16.5. The van der Waals surface area contributed by atoms with Crippen LogP contribution in [0.1, 0.15) is 46.0 Å². The van der Waals surface area contributed by atoms with Gasteiger partial charge in [-0.25, -0.2) is 4.79 Å². The van der Waals surface area contributed by atoms with E-state index in [9.17, 15) is 24.0 Å². The van der Waals surface area contributed by atoms with E-state index in [-0.39, 0.29) is 29.7 Å². The number of hydrogen-bond donors (Lipinski definition) is 2. The number of nitrogens with zero attached hydrogens (tertiary/aromatic N) is 1. The lowest BCUT2D eigenvalue weighted by molar-refractivity contribution is -0.154. The Labute approximate surface area is 151 Å². The number of fused-ring (bicyclic) bond motifs is 1. The van der Waals surface area contributed by atoms with E-state index in [4.69, 9.17) is 4.74 Å². The molecule has 2 N–H and O–H groups in total. The standard InChI is InChI=1S/C17H25N3O6/c1-3-10(2)18-17(25)19-13(21)9-26-14(22)8-20-15(23)11-6-4-5-7-12(11)16(20)24/h10-12H,3-9H2,1-2H3,(H2,18,19,21,25)/t10-,11-,12+/m0/s1. The molecule has 144 valence electrons. The smallest absolute Gasteiger partial charge is 0.326 e. The largest absolute Gasteiger partial charge is 0.454 e. The van der Waals surface area contributed by atoms with Gasteiger partial charge in [0.15, 0.2) is 6.61 Å². The van der Waals surface area contributed by atoms with Gasteiger partial charge in [0, 0.05) is 6.04 Å². The predicted molar refractivity (Wildman–Crippen MR) is 89.6 cm³/mol. The van der Waals surface area contributed by atoms with Crippen molar-refractivity contribution in [2.24, 2.45) is 11.8 Å². The van der Waals surface area contributed by atoms with Gasteiger partial charge in [0.1, 0.15) is 6.54 Å². The number of nitrogens with one attached hydrogen (secondary N) is 2. The van der Waals surface area contributed by atoms with Gasteiger partial charge in [-0.3, -0.25) is 29.4 Å². The van der Waals surface area contributed by atoms with E-state index in [0.717, 1.165) is 17.7 Å². The summed E-state index contributed by atoms with van der Waals surface area (Å²) in [5, 5.41) is 4.58. The van der Waals surface area contributed by atoms with Gasteiger partial charge in [-0.15, -0.1) is 0 Å². The normalized spacial score (nSPS) is 23.2. The van der Waals surface area contributed by atoms with Crippen LogP contribution in [-0.4, -0.2) is 53.8 Å². The summed E-state index contributed by atoms with van der Waals surface area (Å²) in [6.45, 7) is 2.50. The Morgan fingerprint density at radius 3 is 2.27 bits per heavy atom. The molecule has 2 fully saturated rings. The molecule has 0 aromatic heterocycles. The van der Waals surface area contributed by atoms with Gasteiger partial charge in [0.25, 0.3) is 5.91 Å². The van der Waals surface area contributed by atoms with E-state index in [2.05, 4.69) is 5.32 Å². The molecule has 3 atom stereocenters. The molecule has 9 nitrogen and oxygen atoms in total. The van der Waals surface area contributed by atoms with Gasteiger partial charge in [-0.2, -0.15) is 0 Å². The molecule has 1 aliphatic heterocycles. The van der Waals surface area contributed by atoms with E-state index in [1.807, 2.05) is 12.2 Å². The van der Waals surface area contributed by atoms with Crippen molar-refractivity contribution in [1.82, 2.24) is 15.5 Å². The van der Waals surface area contributed by atoms with E-state index in [1.165, 1.54) is 0 Å². The quantitative estimate of drug-likeness (QED) is 0.515. The molecule has 2 aliphatic rings. The molecule has 0 aromatic carbocycles. The fourth-order valence-corrected chi connectivity index (χ4v) is 3.23. The molecular weight excluding hydrogens is 342 g/mol. The summed E-state index contributed by atoms with van der Waals surface area (Å²) in [7, 11) is 0. The lowest BCUT2D eigenvalue weighted by Crippen LogP contribution is -2.45. The number of carbonyl (C=O) groups excluding carboxylic acids is 5. The first-order valence-electron chi connectivity index (χ1n) is 8.94. The molecule has 9 heteroatoms. The number of rotatable bonds is 6. The number of esters is 1. The zero-order valence-corrected chi connectivity index (χ0v) is 15.1. The first-order valence-corrected chi connectivity index (χ1v) is 8.94. The van der Waals surface area contributed by atoms with E-state index in [0.29, 0.717) is 19.3 Å². The third-order valence-electron chi connectivity index (χ3n) is 4.83. The molecule has 0 aromatic rings. The lowest BCUT2D eigenvalue weighted by Gasteiger charge is -2.19. The Bertz CT molecular complexity index is 581. The Morgan fingerprint density at radius 2 is 1.73 bits per heavy atom. The van der Waals surface area contributed by atoms with Crippen molar-refractivity contribution in [3.63, 3.8) is 0 Å². The lowest BCUT2D eigenvalue weighted by atomic mass is 9.81. The number of hydrogen-bond acceptors (Lipinski definition) is 6. The first-order chi connectivity index (χ1) is 12.3. The van der Waals surface area contributed by atoms with Crippen LogP contribution in [0.15, 0.2) is 0 Å². The van der Waals surface area contributed by atoms with Crippen LogP contribution in [0, 0.1) is 11.8 Å². The molecule has 1 heterocycles. The molecule has 0 spiro atoms. The highest BCUT2D eigenvalue weighted by molar-refractivity contribution is 6.07. The second-order valence-electron chi connectivity index (χ2n) is 6.75. The Morgan fingerprint density at radius 1 is 1.15 bits per heavy atom. The first kappa shape index (κ1) is 19.9. The van der Waals surface area contributed by atoms with Crippen LogP contribution >= 0.6 is 0 Å². The average Bonchev–Trinajstić information content (AvgIpc) is 2.85. The minimum absolute atomic E-state index is 0.0962. The minimum atomic E-state index is -0.858. The zero-order chi connectivity index (χ0) is 19.3. The van der Waals surface area contributed by atoms with E-state index >= 15 is 0 Å². The van der Waals surface area contributed by atoms with Crippen molar-refractivity contribution in [3.05, 3.63) is 0 Å². The maximum atomic E-state index is 12.3. The molecule has 1 saturated carbocycles. The maximum absolute atomic E-state index is 12.3. The minimum Gasteiger partial charge on any atom is -0.454 e. The summed E-state index contributed by atoms with van der Waals surface area (Å²) < 4.78 is 4.77. The predicted octanol–water partition coefficient (Wildman–Crippen LogP) is 0.329. The number of carbonyl (C=O) groups is 5. The van der Waals surface area contributed by atoms with Crippen molar-refractivity contribution in [1.29, 1.82) is 0 Å². The zero-order valence-electron chi connectivity index (χ0n) is 15.1. The van der Waals surface area contributed by atoms with Gasteiger partial charge in [0.05, 0.1) is 11.8 Å². The third kappa shape index (κ3) is 4.80. The van der Waals surface area contributed by atoms with Gasteiger partial charge < -0.3 is 10.1 Å². The van der Waals surface area contributed by atoms with Gasteiger partial charge in [0.2, 0.25) is 11.8 Å². The molecule has 5 amide bonds. The summed E-state index contributed by atoms with van der Waals surface area (Å²) in [5.41, 5.74) is 0. The van der Waals surface area contributed by atoms with Crippen LogP contribution in [0.3, 0.4) is 0 Å². The second-order valence-corrected chi connectivity index (χ2v) is 6.75. The topological polar surface area (TPSA) is 122 Å². The summed E-state index contributed by atoms with van der Waals surface area (Å²) in [6, 6.07) is -0.768. The van der Waals surface area contributed by atoms with Crippen LogP contribution in [0.2, 0.25) is 0 Å². The summed E-state index contributed by atoms with van der Waals surface area (Å²) in [4.78, 5) is 60.4. The number of urea groups is 1. The SMILES string of the molecule is CC[C@H](C)NC(=O)NC(=O)COC(=O)CN1C(=O)[C@H]2CCCC[C@H]2C1=O. The fraction of sp³-hybridized carbons (Fsp3) is 0.706. The Kier molecular flexibility index (Phi) is 6.70. The monoisotopic (exact) mass is 367 g/mol. The number of amides is 5.